The number of para-hydroxylation sites is 1. The second-order valence-electron chi connectivity index (χ2n) is 6.38. The van der Waals surface area contributed by atoms with E-state index in [1.165, 1.54) is 10.4 Å². The molecule has 0 radical (unpaired) electrons. The third-order valence-corrected chi connectivity index (χ3v) is 6.53. The average molecular weight is 363 g/mol. The number of rotatable bonds is 5. The van der Waals surface area contributed by atoms with Crippen molar-refractivity contribution in [2.45, 2.75) is 24.7 Å². The lowest BCUT2D eigenvalue weighted by molar-refractivity contribution is 0.176. The summed E-state index contributed by atoms with van der Waals surface area (Å²) in [6.45, 7) is 3.01. The zero-order valence-corrected chi connectivity index (χ0v) is 15.0. The van der Waals surface area contributed by atoms with Crippen LogP contribution in [0.1, 0.15) is 18.4 Å². The maximum atomic E-state index is 13.6. The summed E-state index contributed by atoms with van der Waals surface area (Å²) >= 11 is 0. The largest absolute Gasteiger partial charge is 0.490 e. The van der Waals surface area contributed by atoms with Gasteiger partial charge in [0.1, 0.15) is 0 Å². The minimum absolute atomic E-state index is 0.0483. The van der Waals surface area contributed by atoms with Crippen molar-refractivity contribution in [3.63, 3.8) is 0 Å². The number of piperidine rings is 1. The smallest absolute Gasteiger partial charge is 0.243 e. The Balaban J connectivity index is 1.69. The molecule has 3 rings (SSSR count). The van der Waals surface area contributed by atoms with Crippen LogP contribution in [0.25, 0.3) is 0 Å². The van der Waals surface area contributed by atoms with Gasteiger partial charge in [-0.05, 0) is 43.5 Å². The Morgan fingerprint density at radius 1 is 1.16 bits per heavy atom. The van der Waals surface area contributed by atoms with E-state index >= 15 is 0 Å². The van der Waals surface area contributed by atoms with Crippen LogP contribution in [0.3, 0.4) is 0 Å². The van der Waals surface area contributed by atoms with E-state index in [0.717, 1.165) is 18.4 Å². The van der Waals surface area contributed by atoms with Gasteiger partial charge in [-0.15, -0.1) is 0 Å². The molecule has 6 heteroatoms. The van der Waals surface area contributed by atoms with Gasteiger partial charge in [0.25, 0.3) is 0 Å². The van der Waals surface area contributed by atoms with Gasteiger partial charge in [0, 0.05) is 19.0 Å². The summed E-state index contributed by atoms with van der Waals surface area (Å²) in [5.74, 6) is -0.142. The second-order valence-corrected chi connectivity index (χ2v) is 8.28. The fourth-order valence-electron chi connectivity index (χ4n) is 3.14. The van der Waals surface area contributed by atoms with Crippen LogP contribution in [-0.2, 0) is 10.0 Å². The zero-order chi connectivity index (χ0) is 17.9. The molecule has 1 aliphatic rings. The Morgan fingerprint density at radius 2 is 1.88 bits per heavy atom. The van der Waals surface area contributed by atoms with Gasteiger partial charge in [0.2, 0.25) is 10.0 Å². The Labute approximate surface area is 148 Å². The third-order valence-electron chi connectivity index (χ3n) is 4.50. The Bertz CT molecular complexity index is 838. The summed E-state index contributed by atoms with van der Waals surface area (Å²) in [4.78, 5) is 0.352. The van der Waals surface area contributed by atoms with Gasteiger partial charge in [-0.3, -0.25) is 0 Å². The molecule has 0 aliphatic carbocycles. The average Bonchev–Trinajstić information content (AvgIpc) is 2.61. The van der Waals surface area contributed by atoms with Crippen LogP contribution in [-0.4, -0.2) is 32.4 Å². The van der Waals surface area contributed by atoms with E-state index in [1.807, 2.05) is 6.07 Å². The fraction of sp³-hybridized carbons (Fsp3) is 0.368. The summed E-state index contributed by atoms with van der Waals surface area (Å²) in [6.07, 6.45) is 1.64. The van der Waals surface area contributed by atoms with E-state index in [0.29, 0.717) is 24.6 Å². The van der Waals surface area contributed by atoms with Gasteiger partial charge in [-0.1, -0.05) is 30.3 Å². The zero-order valence-electron chi connectivity index (χ0n) is 14.2. The normalized spacial score (nSPS) is 18.9. The molecule has 1 heterocycles. The van der Waals surface area contributed by atoms with Crippen molar-refractivity contribution in [1.29, 1.82) is 0 Å². The molecule has 0 saturated carbocycles. The van der Waals surface area contributed by atoms with Crippen molar-refractivity contribution in [3.05, 3.63) is 59.9 Å². The number of halogens is 1. The summed E-state index contributed by atoms with van der Waals surface area (Å²) in [5.41, 5.74) is 0.743. The molecular weight excluding hydrogens is 341 g/mol. The van der Waals surface area contributed by atoms with E-state index in [9.17, 15) is 12.8 Å². The molecule has 0 spiro atoms. The Hall–Kier alpha value is -1.92. The van der Waals surface area contributed by atoms with E-state index in [-0.39, 0.29) is 11.7 Å². The van der Waals surface area contributed by atoms with E-state index in [4.69, 9.17) is 4.74 Å². The number of aryl methyl sites for hydroxylation is 1. The van der Waals surface area contributed by atoms with E-state index < -0.39 is 15.8 Å². The van der Waals surface area contributed by atoms with Crippen LogP contribution < -0.4 is 4.74 Å². The number of sulfonamides is 1. The van der Waals surface area contributed by atoms with E-state index in [1.54, 1.807) is 43.3 Å². The Kier molecular flexibility index (Phi) is 5.39. The van der Waals surface area contributed by atoms with Gasteiger partial charge < -0.3 is 4.74 Å². The Morgan fingerprint density at radius 3 is 2.64 bits per heavy atom. The first kappa shape index (κ1) is 17.9. The first-order valence-corrected chi connectivity index (χ1v) is 9.85. The number of ether oxygens (including phenoxy) is 1. The quantitative estimate of drug-likeness (QED) is 0.815. The van der Waals surface area contributed by atoms with Gasteiger partial charge in [0.15, 0.2) is 11.6 Å². The molecule has 134 valence electrons. The van der Waals surface area contributed by atoms with Crippen LogP contribution in [0.5, 0.6) is 5.75 Å². The second kappa shape index (κ2) is 7.54. The molecule has 1 atom stereocenters. The number of hydrogen-bond acceptors (Lipinski definition) is 3. The lowest BCUT2D eigenvalue weighted by Gasteiger charge is -2.32. The molecule has 2 aromatic rings. The molecule has 0 amide bonds. The van der Waals surface area contributed by atoms with Crippen LogP contribution in [0, 0.1) is 18.7 Å². The molecule has 0 N–H and O–H groups in total. The van der Waals surface area contributed by atoms with Crippen molar-refractivity contribution in [2.75, 3.05) is 19.7 Å². The fourth-order valence-corrected chi connectivity index (χ4v) is 4.92. The molecule has 4 nitrogen and oxygen atoms in total. The molecule has 1 saturated heterocycles. The standard InChI is InChI=1S/C19H22FNO3S/c1-15-7-2-5-11-19(15)25(22,23)21-12-6-8-16(13-21)14-24-18-10-4-3-9-17(18)20/h2-5,7,9-11,16H,6,8,12-14H2,1H3. The maximum Gasteiger partial charge on any atom is 0.243 e. The lowest BCUT2D eigenvalue weighted by Crippen LogP contribution is -2.41. The highest BCUT2D eigenvalue weighted by atomic mass is 32.2. The predicted octanol–water partition coefficient (Wildman–Crippen LogP) is 3.61. The highest BCUT2D eigenvalue weighted by molar-refractivity contribution is 7.89. The van der Waals surface area contributed by atoms with Crippen molar-refractivity contribution in [3.8, 4) is 5.75 Å². The number of benzene rings is 2. The van der Waals surface area contributed by atoms with Crippen LogP contribution >= 0.6 is 0 Å². The molecule has 25 heavy (non-hydrogen) atoms. The number of nitrogens with zero attached hydrogens (tertiary/aromatic N) is 1. The molecule has 1 unspecified atom stereocenters. The van der Waals surface area contributed by atoms with Crippen molar-refractivity contribution in [2.24, 2.45) is 5.92 Å². The van der Waals surface area contributed by atoms with Crippen LogP contribution in [0.2, 0.25) is 0 Å². The van der Waals surface area contributed by atoms with E-state index in [2.05, 4.69) is 0 Å². The topological polar surface area (TPSA) is 46.6 Å². The summed E-state index contributed by atoms with van der Waals surface area (Å²) in [5, 5.41) is 0. The van der Waals surface area contributed by atoms with Crippen LogP contribution in [0.15, 0.2) is 53.4 Å². The van der Waals surface area contributed by atoms with Gasteiger partial charge in [0.05, 0.1) is 11.5 Å². The van der Waals surface area contributed by atoms with Gasteiger partial charge in [-0.25, -0.2) is 12.8 Å². The number of hydrogen-bond donors (Lipinski definition) is 0. The molecule has 0 bridgehead atoms. The minimum atomic E-state index is -3.51. The SMILES string of the molecule is Cc1ccccc1S(=O)(=O)N1CCCC(COc2ccccc2F)C1. The summed E-state index contributed by atoms with van der Waals surface area (Å²) < 4.78 is 46.6. The summed E-state index contributed by atoms with van der Waals surface area (Å²) in [7, 11) is -3.51. The monoisotopic (exact) mass is 363 g/mol. The maximum absolute atomic E-state index is 13.6. The first-order valence-electron chi connectivity index (χ1n) is 8.41. The predicted molar refractivity (Wildman–Crippen MR) is 94.6 cm³/mol. The lowest BCUT2D eigenvalue weighted by atomic mass is 10.0. The molecular formula is C19H22FNO3S. The van der Waals surface area contributed by atoms with Crippen molar-refractivity contribution >= 4 is 10.0 Å². The molecule has 0 aromatic heterocycles. The first-order chi connectivity index (χ1) is 12.0. The van der Waals surface area contributed by atoms with Crippen LogP contribution in [0.4, 0.5) is 4.39 Å². The molecule has 2 aromatic carbocycles. The van der Waals surface area contributed by atoms with Crippen molar-refractivity contribution < 1.29 is 17.5 Å². The highest BCUT2D eigenvalue weighted by Gasteiger charge is 2.31. The molecule has 1 aliphatic heterocycles. The summed E-state index contributed by atoms with van der Waals surface area (Å²) in [6, 6.07) is 13.3. The highest BCUT2D eigenvalue weighted by Crippen LogP contribution is 2.26. The van der Waals surface area contributed by atoms with Gasteiger partial charge >= 0.3 is 0 Å². The van der Waals surface area contributed by atoms with Crippen molar-refractivity contribution in [1.82, 2.24) is 4.31 Å². The minimum Gasteiger partial charge on any atom is -0.490 e. The molecule has 1 fully saturated rings. The van der Waals surface area contributed by atoms with Gasteiger partial charge in [-0.2, -0.15) is 4.31 Å². The third kappa shape index (κ3) is 4.02.